The van der Waals surface area contributed by atoms with Gasteiger partial charge in [0, 0.05) is 27.7 Å². The largest absolute Gasteiger partial charge is 0.489 e. The molecule has 0 spiro atoms. The van der Waals surface area contributed by atoms with Gasteiger partial charge in [0.1, 0.15) is 36.7 Å². The van der Waals surface area contributed by atoms with E-state index in [1.807, 2.05) is 45.2 Å². The summed E-state index contributed by atoms with van der Waals surface area (Å²) in [6.45, 7) is 10.7. The fourth-order valence-corrected chi connectivity index (χ4v) is 7.14. The number of hydrogen-bond donors (Lipinski definition) is 2. The van der Waals surface area contributed by atoms with Crippen molar-refractivity contribution >= 4 is 51.2 Å². The maximum Gasteiger partial charge on any atom is 0.342 e. The summed E-state index contributed by atoms with van der Waals surface area (Å²) >= 11 is 3.89. The van der Waals surface area contributed by atoms with Crippen molar-refractivity contribution in [2.75, 3.05) is 13.2 Å². The summed E-state index contributed by atoms with van der Waals surface area (Å²) in [7, 11) is 0. The molecule has 3 rings (SSSR count). The topological polar surface area (TPSA) is 208 Å². The Morgan fingerprint density at radius 3 is 1.34 bits per heavy atom. The lowest BCUT2D eigenvalue weighted by atomic mass is 10.2. The minimum absolute atomic E-state index is 0.0173. The van der Waals surface area contributed by atoms with Crippen LogP contribution in [0.15, 0.2) is 40.9 Å². The van der Waals surface area contributed by atoms with Crippen molar-refractivity contribution in [3.05, 3.63) is 87.7 Å². The Kier molecular flexibility index (Phi) is 13.8. The first-order chi connectivity index (χ1) is 23.2. The van der Waals surface area contributed by atoms with Gasteiger partial charge in [0.05, 0.1) is 16.7 Å². The molecule has 0 amide bonds. The van der Waals surface area contributed by atoms with Gasteiger partial charge in [-0.25, -0.2) is 61.0 Å². The van der Waals surface area contributed by atoms with E-state index in [-0.39, 0.29) is 11.3 Å². The summed E-state index contributed by atoms with van der Waals surface area (Å²) in [5, 5.41) is 21.6. The number of aliphatic hydroxyl groups excluding tert-OH is 2. The average Bonchev–Trinajstić information content (AvgIpc) is 2.98. The van der Waals surface area contributed by atoms with Crippen LogP contribution in [-0.2, 0) is 17.8 Å². The Labute approximate surface area is 313 Å². The fraction of sp³-hybridized carbons (Fsp3) is 0.581. The maximum absolute atomic E-state index is 13.3. The summed E-state index contributed by atoms with van der Waals surface area (Å²) in [5.74, 6) is -0.909. The highest BCUT2D eigenvalue weighted by molar-refractivity contribution is 14.1. The van der Waals surface area contributed by atoms with Crippen molar-refractivity contribution < 1.29 is 24.5 Å². The highest BCUT2D eigenvalue weighted by Gasteiger charge is 2.25. The molecule has 2 N–H and O–H groups in total. The van der Waals surface area contributed by atoms with Crippen LogP contribution in [0, 0.1) is 7.14 Å². The quantitative estimate of drug-likeness (QED) is 0.171. The molecule has 276 valence electrons. The van der Waals surface area contributed by atoms with Crippen molar-refractivity contribution in [3.63, 3.8) is 0 Å². The molecule has 2 heterocycles. The van der Waals surface area contributed by atoms with Crippen LogP contribution in [-0.4, -0.2) is 69.0 Å². The third kappa shape index (κ3) is 8.76. The summed E-state index contributed by atoms with van der Waals surface area (Å²) in [6, 6.07) is 0.876. The van der Waals surface area contributed by atoms with Crippen LogP contribution in [0.25, 0.3) is 0 Å². The molecule has 2 atom stereocenters. The molecule has 0 fully saturated rings. The second-order valence-corrected chi connectivity index (χ2v) is 15.2. The van der Waals surface area contributed by atoms with Crippen LogP contribution in [0.5, 0.6) is 5.75 Å². The SMILES string of the molecule is CC(C)n1c(=O)n(CC(O)COC(=O)c2cc(I)cc(I)c2OCC(O)Cn2c(=O)n(C(C)C)c(=O)n(C(C)C)c2=O)c(=O)n(C(C)C)c1=O. The van der Waals surface area contributed by atoms with E-state index in [1.165, 1.54) is 6.07 Å². The number of halogens is 2. The third-order valence-corrected chi connectivity index (χ3v) is 8.90. The van der Waals surface area contributed by atoms with Crippen molar-refractivity contribution in [1.29, 1.82) is 0 Å². The maximum atomic E-state index is 13.3. The van der Waals surface area contributed by atoms with E-state index in [0.29, 0.717) is 7.14 Å². The molecule has 3 aromatic rings. The molecule has 50 heavy (non-hydrogen) atoms. The normalized spacial score (nSPS) is 13.0. The van der Waals surface area contributed by atoms with Gasteiger partial charge >= 0.3 is 40.1 Å². The highest BCUT2D eigenvalue weighted by atomic mass is 127. The van der Waals surface area contributed by atoms with E-state index in [0.717, 1.165) is 27.4 Å². The van der Waals surface area contributed by atoms with Crippen LogP contribution >= 0.6 is 45.2 Å². The van der Waals surface area contributed by atoms with Gasteiger partial charge in [-0.05, 0) is 113 Å². The summed E-state index contributed by atoms with van der Waals surface area (Å²) in [5.41, 5.74) is -5.18. The highest BCUT2D eigenvalue weighted by Crippen LogP contribution is 2.29. The molecule has 0 radical (unpaired) electrons. The second-order valence-electron chi connectivity index (χ2n) is 12.8. The minimum Gasteiger partial charge on any atom is -0.489 e. The number of rotatable bonds is 14. The van der Waals surface area contributed by atoms with E-state index in [1.54, 1.807) is 61.5 Å². The van der Waals surface area contributed by atoms with Gasteiger partial charge in [0.25, 0.3) is 0 Å². The molecule has 2 aromatic heterocycles. The zero-order chi connectivity index (χ0) is 37.9. The predicted octanol–water partition coefficient (Wildman–Crippen LogP) is 0.847. The Morgan fingerprint density at radius 1 is 0.620 bits per heavy atom. The van der Waals surface area contributed by atoms with E-state index in [4.69, 9.17) is 9.47 Å². The van der Waals surface area contributed by atoms with Crippen LogP contribution in [0.3, 0.4) is 0 Å². The second kappa shape index (κ2) is 16.8. The molecular weight excluding hydrogens is 886 g/mol. The molecule has 0 saturated carbocycles. The smallest absolute Gasteiger partial charge is 0.342 e. The first kappa shape index (κ1) is 41.1. The number of aromatic nitrogens is 6. The number of ether oxygens (including phenoxy) is 2. The van der Waals surface area contributed by atoms with Crippen molar-refractivity contribution in [3.8, 4) is 5.75 Å². The average molecular weight is 929 g/mol. The number of esters is 1. The zero-order valence-electron chi connectivity index (χ0n) is 29.0. The van der Waals surface area contributed by atoms with E-state index in [2.05, 4.69) is 0 Å². The molecule has 1 aromatic carbocycles. The number of carbonyl (C=O) groups excluding carboxylic acids is 1. The van der Waals surface area contributed by atoms with E-state index in [9.17, 15) is 43.8 Å². The van der Waals surface area contributed by atoms with Gasteiger partial charge < -0.3 is 19.7 Å². The van der Waals surface area contributed by atoms with Crippen LogP contribution in [0.2, 0.25) is 0 Å². The third-order valence-electron chi connectivity index (χ3n) is 7.48. The summed E-state index contributed by atoms with van der Waals surface area (Å²) in [4.78, 5) is 91.1. The minimum atomic E-state index is -1.52. The van der Waals surface area contributed by atoms with Gasteiger partial charge in [-0.1, -0.05) is 0 Å². The van der Waals surface area contributed by atoms with E-state index < -0.39 is 103 Å². The molecule has 2 unspecified atom stereocenters. The standard InChI is InChI=1S/C31H42I2N6O11/c1-15(2)36-26(43)34(27(44)37(16(3)4)30(36)47)11-20(40)13-49-24-22(9-19(32)10-23(24)33)25(42)50-14-21(41)12-35-28(45)38(17(5)6)31(48)39(18(7)8)29(35)46/h9-10,15-18,20-21,40-41H,11-14H2,1-8H3. The first-order valence-corrected chi connectivity index (χ1v) is 18.0. The number of hydrogen-bond acceptors (Lipinski definition) is 11. The molecule has 0 aliphatic carbocycles. The van der Waals surface area contributed by atoms with Crippen LogP contribution in [0.4, 0.5) is 0 Å². The molecule has 19 heteroatoms. The monoisotopic (exact) mass is 928 g/mol. The summed E-state index contributed by atoms with van der Waals surface area (Å²) in [6.07, 6.45) is -2.94. The Hall–Kier alpha value is -3.31. The van der Waals surface area contributed by atoms with Crippen molar-refractivity contribution in [2.24, 2.45) is 0 Å². The van der Waals surface area contributed by atoms with Crippen LogP contribution < -0.4 is 38.9 Å². The molecule has 0 bridgehead atoms. The lowest BCUT2D eigenvalue weighted by molar-refractivity contribution is 0.0200. The molecule has 0 saturated heterocycles. The fourth-order valence-electron chi connectivity index (χ4n) is 5.14. The Balaban J connectivity index is 1.84. The first-order valence-electron chi connectivity index (χ1n) is 15.8. The van der Waals surface area contributed by atoms with Gasteiger partial charge in [0.15, 0.2) is 0 Å². The van der Waals surface area contributed by atoms with Gasteiger partial charge in [-0.2, -0.15) is 0 Å². The molecular formula is C31H42I2N6O11. The number of benzene rings is 1. The van der Waals surface area contributed by atoms with Gasteiger partial charge in [-0.15, -0.1) is 0 Å². The van der Waals surface area contributed by atoms with E-state index >= 15 is 0 Å². The zero-order valence-corrected chi connectivity index (χ0v) is 33.3. The van der Waals surface area contributed by atoms with Crippen molar-refractivity contribution in [1.82, 2.24) is 27.4 Å². The van der Waals surface area contributed by atoms with Gasteiger partial charge in [-0.3, -0.25) is 0 Å². The number of carbonyl (C=O) groups is 1. The number of aliphatic hydroxyl groups is 2. The Morgan fingerprint density at radius 2 is 0.980 bits per heavy atom. The lowest BCUT2D eigenvalue weighted by Gasteiger charge is -2.20. The number of nitrogens with zero attached hydrogens (tertiary/aromatic N) is 6. The molecule has 0 aliphatic rings. The van der Waals surface area contributed by atoms with Crippen molar-refractivity contribution in [2.45, 2.75) is 105 Å². The lowest BCUT2D eigenvalue weighted by Crippen LogP contribution is -2.56. The molecule has 0 aliphatic heterocycles. The summed E-state index contributed by atoms with van der Waals surface area (Å²) < 4.78 is 17.4. The molecule has 17 nitrogen and oxygen atoms in total. The van der Waals surface area contributed by atoms with Crippen LogP contribution in [0.1, 0.15) is 89.9 Å². The predicted molar refractivity (Wildman–Crippen MR) is 200 cm³/mol. The Bertz CT molecular complexity index is 2010. The van der Waals surface area contributed by atoms with Gasteiger partial charge in [0.2, 0.25) is 0 Å².